The maximum absolute atomic E-state index is 10.4. The van der Waals surface area contributed by atoms with E-state index in [4.69, 9.17) is 0 Å². The molecule has 0 saturated carbocycles. The van der Waals surface area contributed by atoms with Gasteiger partial charge in [-0.3, -0.25) is 4.99 Å². The topological polar surface area (TPSA) is 64.0 Å². The van der Waals surface area contributed by atoms with E-state index in [0.717, 1.165) is 50.1 Å². The molecule has 0 aliphatic carbocycles. The van der Waals surface area contributed by atoms with Crippen LogP contribution in [0.15, 0.2) is 53.7 Å². The van der Waals surface area contributed by atoms with Gasteiger partial charge in [0.25, 0.3) is 0 Å². The van der Waals surface area contributed by atoms with Crippen molar-refractivity contribution in [3.8, 4) is 0 Å². The van der Waals surface area contributed by atoms with E-state index in [-0.39, 0.29) is 0 Å². The van der Waals surface area contributed by atoms with Crippen LogP contribution in [-0.4, -0.2) is 60.2 Å². The highest BCUT2D eigenvalue weighted by atomic mass is 16.3. The fourth-order valence-electron chi connectivity index (χ4n) is 3.18. The van der Waals surface area contributed by atoms with Gasteiger partial charge in [-0.25, -0.2) is 4.98 Å². The molecule has 2 heterocycles. The summed E-state index contributed by atoms with van der Waals surface area (Å²) in [7, 11) is 0. The van der Waals surface area contributed by atoms with Gasteiger partial charge in [0.2, 0.25) is 0 Å². The number of hydrogen-bond acceptors (Lipinski definition) is 4. The zero-order valence-corrected chi connectivity index (χ0v) is 16.2. The highest BCUT2D eigenvalue weighted by Gasteiger charge is 2.20. The smallest absolute Gasteiger partial charge is 0.194 e. The molecule has 1 saturated heterocycles. The van der Waals surface area contributed by atoms with Crippen LogP contribution in [0.2, 0.25) is 0 Å². The molecular weight excluding hydrogens is 338 g/mol. The van der Waals surface area contributed by atoms with Crippen molar-refractivity contribution in [1.29, 1.82) is 0 Å². The number of aliphatic imine (C=N–C) groups is 1. The first-order chi connectivity index (χ1) is 13.2. The first-order valence-electron chi connectivity index (χ1n) is 9.61. The first kappa shape index (κ1) is 19.2. The van der Waals surface area contributed by atoms with Crippen LogP contribution in [-0.2, 0) is 0 Å². The molecule has 0 bridgehead atoms. The normalized spacial score (nSPS) is 16.3. The maximum atomic E-state index is 10.4. The van der Waals surface area contributed by atoms with Crippen molar-refractivity contribution in [2.24, 2.45) is 4.99 Å². The van der Waals surface area contributed by atoms with Gasteiger partial charge >= 0.3 is 0 Å². The van der Waals surface area contributed by atoms with Crippen LogP contribution >= 0.6 is 0 Å². The third kappa shape index (κ3) is 5.20. The molecule has 1 unspecified atom stereocenters. The number of aromatic nitrogens is 1. The number of nitrogens with zero attached hydrogens (tertiary/aromatic N) is 4. The molecule has 0 radical (unpaired) electrons. The number of anilines is 1. The molecule has 0 amide bonds. The van der Waals surface area contributed by atoms with Gasteiger partial charge in [-0.2, -0.15) is 0 Å². The van der Waals surface area contributed by atoms with E-state index in [1.54, 1.807) is 0 Å². The van der Waals surface area contributed by atoms with E-state index in [1.807, 2.05) is 55.6 Å². The van der Waals surface area contributed by atoms with E-state index in [9.17, 15) is 5.11 Å². The molecule has 0 spiro atoms. The fraction of sp³-hybridized carbons (Fsp3) is 0.429. The monoisotopic (exact) mass is 367 g/mol. The summed E-state index contributed by atoms with van der Waals surface area (Å²) in [5.74, 6) is 1.89. The van der Waals surface area contributed by atoms with Crippen LogP contribution in [0.4, 0.5) is 5.82 Å². The van der Waals surface area contributed by atoms with Crippen LogP contribution in [0.3, 0.4) is 0 Å². The lowest BCUT2D eigenvalue weighted by atomic mass is 10.1. The van der Waals surface area contributed by atoms with Gasteiger partial charge in [0, 0.05) is 38.9 Å². The average Bonchev–Trinajstić information content (AvgIpc) is 2.72. The number of guanidine groups is 1. The van der Waals surface area contributed by atoms with Crippen molar-refractivity contribution in [1.82, 2.24) is 15.2 Å². The number of benzene rings is 1. The van der Waals surface area contributed by atoms with Crippen LogP contribution in [0.25, 0.3) is 0 Å². The Morgan fingerprint density at radius 1 is 1.15 bits per heavy atom. The van der Waals surface area contributed by atoms with Crippen LogP contribution < -0.4 is 10.2 Å². The molecular formula is C21H29N5O. The summed E-state index contributed by atoms with van der Waals surface area (Å²) in [4.78, 5) is 13.7. The van der Waals surface area contributed by atoms with Crippen molar-refractivity contribution in [3.05, 3.63) is 59.8 Å². The fourth-order valence-corrected chi connectivity index (χ4v) is 3.18. The number of pyridine rings is 1. The number of aryl methyl sites for hydroxylation is 1. The largest absolute Gasteiger partial charge is 0.386 e. The highest BCUT2D eigenvalue weighted by Crippen LogP contribution is 2.15. The van der Waals surface area contributed by atoms with E-state index >= 15 is 0 Å². The molecule has 27 heavy (non-hydrogen) atoms. The number of rotatable bonds is 5. The minimum atomic E-state index is -0.589. The summed E-state index contributed by atoms with van der Waals surface area (Å²) in [6, 6.07) is 14.0. The van der Waals surface area contributed by atoms with E-state index in [0.29, 0.717) is 6.54 Å². The summed E-state index contributed by atoms with van der Waals surface area (Å²) >= 11 is 0. The van der Waals surface area contributed by atoms with Crippen LogP contribution in [0, 0.1) is 6.92 Å². The summed E-state index contributed by atoms with van der Waals surface area (Å²) in [6.45, 7) is 8.83. The lowest BCUT2D eigenvalue weighted by Gasteiger charge is -2.37. The third-order valence-corrected chi connectivity index (χ3v) is 4.76. The van der Waals surface area contributed by atoms with Crippen molar-refractivity contribution in [3.63, 3.8) is 0 Å². The number of aliphatic hydroxyl groups is 1. The van der Waals surface area contributed by atoms with Gasteiger partial charge in [-0.05, 0) is 31.5 Å². The lowest BCUT2D eigenvalue weighted by molar-refractivity contribution is 0.186. The quantitative estimate of drug-likeness (QED) is 0.627. The second kappa shape index (κ2) is 9.37. The molecule has 1 atom stereocenters. The Morgan fingerprint density at radius 3 is 2.52 bits per heavy atom. The minimum Gasteiger partial charge on any atom is -0.386 e. The Kier molecular flexibility index (Phi) is 6.65. The molecule has 144 valence electrons. The number of piperazine rings is 1. The maximum Gasteiger partial charge on any atom is 0.194 e. The summed E-state index contributed by atoms with van der Waals surface area (Å²) in [6.07, 6.45) is 1.24. The van der Waals surface area contributed by atoms with Gasteiger partial charge in [-0.15, -0.1) is 0 Å². The first-order valence-corrected chi connectivity index (χ1v) is 9.61. The van der Waals surface area contributed by atoms with Crippen molar-refractivity contribution >= 4 is 11.8 Å². The zero-order valence-electron chi connectivity index (χ0n) is 16.2. The third-order valence-electron chi connectivity index (χ3n) is 4.76. The van der Waals surface area contributed by atoms with Crippen molar-refractivity contribution in [2.75, 3.05) is 44.2 Å². The molecule has 3 rings (SSSR count). The second-order valence-electron chi connectivity index (χ2n) is 6.78. The zero-order chi connectivity index (χ0) is 19.1. The van der Waals surface area contributed by atoms with Gasteiger partial charge in [0.1, 0.15) is 5.82 Å². The average molecular weight is 367 g/mol. The Labute approximate surface area is 161 Å². The molecule has 2 N–H and O–H groups in total. The van der Waals surface area contributed by atoms with Crippen molar-refractivity contribution in [2.45, 2.75) is 20.0 Å². The Morgan fingerprint density at radius 2 is 1.89 bits per heavy atom. The van der Waals surface area contributed by atoms with E-state index in [1.165, 1.54) is 5.56 Å². The molecule has 1 aliphatic rings. The molecule has 1 fully saturated rings. The SMILES string of the molecule is CCNC(=NCC(O)c1ccc(C)cc1)N1CCN(c2ccccn2)CC1. The summed E-state index contributed by atoms with van der Waals surface area (Å²) in [5.41, 5.74) is 2.09. The minimum absolute atomic E-state index is 0.353. The second-order valence-corrected chi connectivity index (χ2v) is 6.78. The molecule has 6 heteroatoms. The Bertz CT molecular complexity index is 724. The lowest BCUT2D eigenvalue weighted by Crippen LogP contribution is -2.52. The van der Waals surface area contributed by atoms with Crippen LogP contribution in [0.5, 0.6) is 0 Å². The molecule has 1 aromatic heterocycles. The van der Waals surface area contributed by atoms with Crippen molar-refractivity contribution < 1.29 is 5.11 Å². The van der Waals surface area contributed by atoms with Gasteiger partial charge in [0.15, 0.2) is 5.96 Å². The van der Waals surface area contributed by atoms with Gasteiger partial charge < -0.3 is 20.2 Å². The molecule has 2 aromatic rings. The summed E-state index contributed by atoms with van der Waals surface area (Å²) in [5, 5.41) is 13.8. The summed E-state index contributed by atoms with van der Waals surface area (Å²) < 4.78 is 0. The molecule has 6 nitrogen and oxygen atoms in total. The van der Waals surface area contributed by atoms with E-state index in [2.05, 4.69) is 32.0 Å². The molecule has 1 aromatic carbocycles. The number of hydrogen-bond donors (Lipinski definition) is 2. The predicted molar refractivity (Wildman–Crippen MR) is 110 cm³/mol. The van der Waals surface area contributed by atoms with Crippen LogP contribution in [0.1, 0.15) is 24.2 Å². The molecule has 1 aliphatic heterocycles. The Balaban J connectivity index is 1.60. The Hall–Kier alpha value is -2.60. The van der Waals surface area contributed by atoms with Gasteiger partial charge in [0.05, 0.1) is 12.6 Å². The van der Waals surface area contributed by atoms with Gasteiger partial charge in [-0.1, -0.05) is 35.9 Å². The predicted octanol–water partition coefficient (Wildman–Crippen LogP) is 2.21. The number of aliphatic hydroxyl groups excluding tert-OH is 1. The van der Waals surface area contributed by atoms with E-state index < -0.39 is 6.10 Å². The highest BCUT2D eigenvalue weighted by molar-refractivity contribution is 5.80. The standard InChI is InChI=1S/C21H29N5O/c1-3-22-21(24-16-19(27)18-9-7-17(2)8-10-18)26-14-12-25(13-15-26)20-6-4-5-11-23-20/h4-11,19,27H,3,12-16H2,1-2H3,(H,22,24). The number of nitrogens with one attached hydrogen (secondary N) is 1.